The lowest BCUT2D eigenvalue weighted by atomic mass is 10.1. The largest absolute Gasteiger partial charge is 0.467 e. The van der Waals surface area contributed by atoms with Gasteiger partial charge in [-0.25, -0.2) is 8.42 Å². The van der Waals surface area contributed by atoms with Crippen LogP contribution in [0.2, 0.25) is 0 Å². The summed E-state index contributed by atoms with van der Waals surface area (Å²) in [6.45, 7) is 3.77. The van der Waals surface area contributed by atoms with Gasteiger partial charge in [-0.05, 0) is 56.3 Å². The summed E-state index contributed by atoms with van der Waals surface area (Å²) in [5.74, 6) is 0.358. The zero-order valence-electron chi connectivity index (χ0n) is 15.9. The third-order valence-electron chi connectivity index (χ3n) is 4.55. The predicted molar refractivity (Wildman–Crippen MR) is 108 cm³/mol. The van der Waals surface area contributed by atoms with E-state index in [-0.39, 0.29) is 22.4 Å². The van der Waals surface area contributed by atoms with Crippen molar-refractivity contribution in [1.82, 2.24) is 4.90 Å². The first-order valence-electron chi connectivity index (χ1n) is 8.78. The van der Waals surface area contributed by atoms with Crippen LogP contribution in [0, 0.1) is 6.92 Å². The fraction of sp³-hybridized carbons (Fsp3) is 0.190. The maximum Gasteiger partial charge on any atom is 0.261 e. The molecule has 0 spiro atoms. The van der Waals surface area contributed by atoms with Crippen molar-refractivity contribution in [2.75, 3.05) is 11.8 Å². The minimum atomic E-state index is -3.81. The molecule has 1 unspecified atom stereocenters. The molecule has 0 aliphatic heterocycles. The van der Waals surface area contributed by atoms with E-state index in [0.29, 0.717) is 11.4 Å². The summed E-state index contributed by atoms with van der Waals surface area (Å²) in [6, 6.07) is 16.3. The van der Waals surface area contributed by atoms with E-state index in [1.54, 1.807) is 49.7 Å². The number of nitrogens with zero attached hydrogens (tertiary/aromatic N) is 1. The SMILES string of the molecule is Cc1ccc(NS(=O)(=O)c2cccc(C(=O)N(C)C(C)c3ccco3)c2)cc1. The molecule has 2 aromatic carbocycles. The molecule has 1 atom stereocenters. The first kappa shape index (κ1) is 19.7. The molecule has 1 amide bonds. The van der Waals surface area contributed by atoms with E-state index in [0.717, 1.165) is 5.56 Å². The summed E-state index contributed by atoms with van der Waals surface area (Å²) >= 11 is 0. The normalized spacial score (nSPS) is 12.4. The number of carbonyl (C=O) groups is 1. The van der Waals surface area contributed by atoms with Crippen molar-refractivity contribution in [3.05, 3.63) is 83.8 Å². The molecule has 0 aliphatic carbocycles. The van der Waals surface area contributed by atoms with Gasteiger partial charge in [0.1, 0.15) is 5.76 Å². The van der Waals surface area contributed by atoms with Crippen LogP contribution in [-0.4, -0.2) is 26.3 Å². The highest BCUT2D eigenvalue weighted by Crippen LogP contribution is 2.23. The smallest absolute Gasteiger partial charge is 0.261 e. The third kappa shape index (κ3) is 4.26. The van der Waals surface area contributed by atoms with Crippen LogP contribution in [0.4, 0.5) is 5.69 Å². The maximum absolute atomic E-state index is 12.8. The average molecular weight is 398 g/mol. The first-order chi connectivity index (χ1) is 13.3. The number of nitrogens with one attached hydrogen (secondary N) is 1. The Morgan fingerprint density at radius 2 is 1.79 bits per heavy atom. The Labute approximate surface area is 164 Å². The summed E-state index contributed by atoms with van der Waals surface area (Å²) in [5, 5.41) is 0. The molecule has 0 bridgehead atoms. The Kier molecular flexibility index (Phi) is 5.56. The summed E-state index contributed by atoms with van der Waals surface area (Å²) in [7, 11) is -2.16. The van der Waals surface area contributed by atoms with Crippen LogP contribution in [0.15, 0.2) is 76.2 Å². The van der Waals surface area contributed by atoms with Gasteiger partial charge in [-0.3, -0.25) is 9.52 Å². The molecule has 3 aromatic rings. The van der Waals surface area contributed by atoms with Crippen molar-refractivity contribution in [1.29, 1.82) is 0 Å². The Balaban J connectivity index is 1.82. The lowest BCUT2D eigenvalue weighted by Crippen LogP contribution is -2.29. The molecular weight excluding hydrogens is 376 g/mol. The Hall–Kier alpha value is -3.06. The molecule has 0 saturated heterocycles. The van der Waals surface area contributed by atoms with Gasteiger partial charge in [0.05, 0.1) is 17.2 Å². The molecule has 7 heteroatoms. The highest BCUT2D eigenvalue weighted by Gasteiger charge is 2.22. The van der Waals surface area contributed by atoms with E-state index in [9.17, 15) is 13.2 Å². The van der Waals surface area contributed by atoms with Gasteiger partial charge in [0.15, 0.2) is 0 Å². The Morgan fingerprint density at radius 3 is 2.43 bits per heavy atom. The van der Waals surface area contributed by atoms with Crippen LogP contribution in [-0.2, 0) is 10.0 Å². The number of sulfonamides is 1. The minimum Gasteiger partial charge on any atom is -0.467 e. The lowest BCUT2D eigenvalue weighted by Gasteiger charge is -2.23. The van der Waals surface area contributed by atoms with E-state index in [4.69, 9.17) is 4.42 Å². The number of amides is 1. The third-order valence-corrected chi connectivity index (χ3v) is 5.93. The molecule has 1 heterocycles. The number of anilines is 1. The van der Waals surface area contributed by atoms with Gasteiger partial charge < -0.3 is 9.32 Å². The van der Waals surface area contributed by atoms with Gasteiger partial charge in [-0.15, -0.1) is 0 Å². The van der Waals surface area contributed by atoms with Gasteiger partial charge in [0, 0.05) is 18.3 Å². The second-order valence-electron chi connectivity index (χ2n) is 6.61. The Bertz CT molecular complexity index is 1060. The fourth-order valence-electron chi connectivity index (χ4n) is 2.73. The van der Waals surface area contributed by atoms with Crippen LogP contribution < -0.4 is 4.72 Å². The molecule has 3 rings (SSSR count). The number of benzene rings is 2. The van der Waals surface area contributed by atoms with Crippen LogP contribution >= 0.6 is 0 Å². The molecular formula is C21H22N2O4S. The number of furan rings is 1. The highest BCUT2D eigenvalue weighted by molar-refractivity contribution is 7.92. The summed E-state index contributed by atoms with van der Waals surface area (Å²) in [4.78, 5) is 14.4. The van der Waals surface area contributed by atoms with E-state index in [1.165, 1.54) is 17.0 Å². The molecule has 1 N–H and O–H groups in total. The summed E-state index contributed by atoms with van der Waals surface area (Å²) in [6.07, 6.45) is 1.55. The van der Waals surface area contributed by atoms with Crippen LogP contribution in [0.1, 0.15) is 34.6 Å². The zero-order valence-corrected chi connectivity index (χ0v) is 16.7. The number of aryl methyl sites for hydroxylation is 1. The quantitative estimate of drug-likeness (QED) is 0.674. The van der Waals surface area contributed by atoms with Crippen molar-refractivity contribution in [3.8, 4) is 0 Å². The van der Waals surface area contributed by atoms with Crippen molar-refractivity contribution < 1.29 is 17.6 Å². The topological polar surface area (TPSA) is 79.6 Å². The van der Waals surface area contributed by atoms with Crippen LogP contribution in [0.5, 0.6) is 0 Å². The van der Waals surface area contributed by atoms with Crippen molar-refractivity contribution in [2.45, 2.75) is 24.8 Å². The monoisotopic (exact) mass is 398 g/mol. The van der Waals surface area contributed by atoms with Gasteiger partial charge >= 0.3 is 0 Å². The standard InChI is InChI=1S/C21H22N2O4S/c1-15-9-11-18(12-10-15)22-28(25,26)19-7-4-6-17(14-19)21(24)23(3)16(2)20-8-5-13-27-20/h4-14,16,22H,1-3H3. The second-order valence-corrected chi connectivity index (χ2v) is 8.29. The van der Waals surface area contributed by atoms with E-state index >= 15 is 0 Å². The van der Waals surface area contributed by atoms with Crippen LogP contribution in [0.25, 0.3) is 0 Å². The van der Waals surface area contributed by atoms with Crippen LogP contribution in [0.3, 0.4) is 0 Å². The lowest BCUT2D eigenvalue weighted by molar-refractivity contribution is 0.0726. The van der Waals surface area contributed by atoms with Crippen molar-refractivity contribution in [3.63, 3.8) is 0 Å². The zero-order chi connectivity index (χ0) is 20.3. The van der Waals surface area contributed by atoms with Gasteiger partial charge in [0.25, 0.3) is 15.9 Å². The van der Waals surface area contributed by atoms with Gasteiger partial charge in [-0.2, -0.15) is 0 Å². The maximum atomic E-state index is 12.8. The highest BCUT2D eigenvalue weighted by atomic mass is 32.2. The molecule has 0 radical (unpaired) electrons. The van der Waals surface area contributed by atoms with E-state index < -0.39 is 10.0 Å². The van der Waals surface area contributed by atoms with Gasteiger partial charge in [-0.1, -0.05) is 23.8 Å². The number of rotatable bonds is 6. The van der Waals surface area contributed by atoms with E-state index in [1.807, 2.05) is 26.0 Å². The van der Waals surface area contributed by atoms with E-state index in [2.05, 4.69) is 4.72 Å². The molecule has 0 aliphatic rings. The summed E-state index contributed by atoms with van der Waals surface area (Å²) < 4.78 is 33.3. The van der Waals surface area contributed by atoms with Gasteiger partial charge in [0.2, 0.25) is 0 Å². The molecule has 1 aromatic heterocycles. The number of carbonyl (C=O) groups excluding carboxylic acids is 1. The van der Waals surface area contributed by atoms with Crippen molar-refractivity contribution >= 4 is 21.6 Å². The molecule has 0 saturated carbocycles. The minimum absolute atomic E-state index is 0.0259. The van der Waals surface area contributed by atoms with Crippen molar-refractivity contribution in [2.24, 2.45) is 0 Å². The summed E-state index contributed by atoms with van der Waals surface area (Å²) in [5.41, 5.74) is 1.78. The number of hydrogen-bond donors (Lipinski definition) is 1. The molecule has 28 heavy (non-hydrogen) atoms. The second kappa shape index (κ2) is 7.90. The average Bonchev–Trinajstić information content (AvgIpc) is 3.23. The fourth-order valence-corrected chi connectivity index (χ4v) is 3.84. The predicted octanol–water partition coefficient (Wildman–Crippen LogP) is 4.22. The Morgan fingerprint density at radius 1 is 1.07 bits per heavy atom. The first-order valence-corrected chi connectivity index (χ1v) is 10.3. The molecule has 146 valence electrons. The molecule has 0 fully saturated rings. The molecule has 6 nitrogen and oxygen atoms in total. The number of hydrogen-bond acceptors (Lipinski definition) is 4.